The molecule has 1 heterocycles. The highest BCUT2D eigenvalue weighted by molar-refractivity contribution is 7.10. The highest BCUT2D eigenvalue weighted by atomic mass is 32.1. The minimum absolute atomic E-state index is 0.258. The van der Waals surface area contributed by atoms with Gasteiger partial charge in [-0.1, -0.05) is 62.9 Å². The van der Waals surface area contributed by atoms with E-state index in [1.54, 1.807) is 11.3 Å². The smallest absolute Gasteiger partial charge is 0.338 e. The van der Waals surface area contributed by atoms with Gasteiger partial charge in [0.2, 0.25) is 0 Å². The van der Waals surface area contributed by atoms with Gasteiger partial charge >= 0.3 is 5.97 Å². The van der Waals surface area contributed by atoms with E-state index in [4.69, 9.17) is 4.74 Å². The molecule has 2 aromatic rings. The van der Waals surface area contributed by atoms with E-state index in [1.807, 2.05) is 31.2 Å². The van der Waals surface area contributed by atoms with Crippen LogP contribution in [0.2, 0.25) is 0 Å². The summed E-state index contributed by atoms with van der Waals surface area (Å²) in [6.07, 6.45) is 12.7. The average Bonchev–Trinajstić information content (AvgIpc) is 3.28. The van der Waals surface area contributed by atoms with E-state index in [0.29, 0.717) is 12.2 Å². The molecule has 0 fully saturated rings. The molecule has 0 aliphatic carbocycles. The van der Waals surface area contributed by atoms with Crippen molar-refractivity contribution in [1.82, 2.24) is 0 Å². The summed E-state index contributed by atoms with van der Waals surface area (Å²) in [6, 6.07) is 11.7. The SMILES string of the molecule is CCOC(=O)c1ccc(NCCCCCCCCCCCC#Cc2cccs2)cc1. The first-order chi connectivity index (χ1) is 14.8. The third kappa shape index (κ3) is 10.5. The van der Waals surface area contributed by atoms with Gasteiger partial charge in [0, 0.05) is 18.7 Å². The molecule has 30 heavy (non-hydrogen) atoms. The van der Waals surface area contributed by atoms with Crippen LogP contribution in [0.3, 0.4) is 0 Å². The number of ether oxygens (including phenoxy) is 1. The van der Waals surface area contributed by atoms with Crippen LogP contribution in [0.1, 0.15) is 86.4 Å². The lowest BCUT2D eigenvalue weighted by molar-refractivity contribution is 0.0526. The Morgan fingerprint density at radius 2 is 1.60 bits per heavy atom. The summed E-state index contributed by atoms with van der Waals surface area (Å²) in [5.41, 5.74) is 1.66. The van der Waals surface area contributed by atoms with E-state index < -0.39 is 0 Å². The van der Waals surface area contributed by atoms with Crippen molar-refractivity contribution in [3.8, 4) is 11.8 Å². The molecule has 2 rings (SSSR count). The van der Waals surface area contributed by atoms with E-state index in [0.717, 1.165) is 18.7 Å². The molecule has 1 aromatic heterocycles. The molecule has 3 nitrogen and oxygen atoms in total. The summed E-state index contributed by atoms with van der Waals surface area (Å²) >= 11 is 1.72. The van der Waals surface area contributed by atoms with Crippen LogP contribution in [-0.4, -0.2) is 19.1 Å². The van der Waals surface area contributed by atoms with Gasteiger partial charge < -0.3 is 10.1 Å². The van der Waals surface area contributed by atoms with Crippen molar-refractivity contribution in [3.05, 3.63) is 52.2 Å². The largest absolute Gasteiger partial charge is 0.462 e. The molecule has 0 saturated heterocycles. The number of thiophene rings is 1. The third-order valence-corrected chi connectivity index (χ3v) is 5.72. The maximum atomic E-state index is 11.6. The van der Waals surface area contributed by atoms with Crippen molar-refractivity contribution in [3.63, 3.8) is 0 Å². The summed E-state index contributed by atoms with van der Waals surface area (Å²) in [6.45, 7) is 3.20. The monoisotopic (exact) mass is 425 g/mol. The molecule has 162 valence electrons. The molecule has 0 aliphatic rings. The molecule has 0 saturated carbocycles. The molecule has 4 heteroatoms. The van der Waals surface area contributed by atoms with E-state index in [1.165, 1.54) is 62.7 Å². The molecule has 0 radical (unpaired) electrons. The second-order valence-corrected chi connectivity index (χ2v) is 8.38. The Labute approximate surface area is 186 Å². The van der Waals surface area contributed by atoms with Gasteiger partial charge in [0.15, 0.2) is 0 Å². The second-order valence-electron chi connectivity index (χ2n) is 7.44. The van der Waals surface area contributed by atoms with Gasteiger partial charge in [-0.3, -0.25) is 0 Å². The van der Waals surface area contributed by atoms with Crippen molar-refractivity contribution in [1.29, 1.82) is 0 Å². The molecule has 0 spiro atoms. The quantitative estimate of drug-likeness (QED) is 0.196. The number of rotatable bonds is 14. The van der Waals surface area contributed by atoms with Gasteiger partial charge in [-0.15, -0.1) is 11.3 Å². The topological polar surface area (TPSA) is 38.3 Å². The molecule has 1 N–H and O–H groups in total. The highest BCUT2D eigenvalue weighted by Crippen LogP contribution is 2.13. The number of unbranched alkanes of at least 4 members (excludes halogenated alkanes) is 9. The Bertz CT molecular complexity index is 757. The summed E-state index contributed by atoms with van der Waals surface area (Å²) in [5.74, 6) is 6.25. The number of carbonyl (C=O) groups is 1. The zero-order chi connectivity index (χ0) is 21.3. The minimum Gasteiger partial charge on any atom is -0.462 e. The highest BCUT2D eigenvalue weighted by Gasteiger charge is 2.05. The van der Waals surface area contributed by atoms with Crippen LogP contribution < -0.4 is 5.32 Å². The molecule has 0 unspecified atom stereocenters. The van der Waals surface area contributed by atoms with Crippen LogP contribution in [0.4, 0.5) is 5.69 Å². The molecule has 0 atom stereocenters. The van der Waals surface area contributed by atoms with Gasteiger partial charge in [-0.2, -0.15) is 0 Å². The Morgan fingerprint density at radius 3 is 2.23 bits per heavy atom. The standard InChI is InChI=1S/C26H35NO2S/c1-2-29-26(28)23-17-19-24(20-18-23)27-21-13-11-9-7-5-3-4-6-8-10-12-15-25-16-14-22-30-25/h14,16-20,22,27H,2-11,13,21H2,1H3. The van der Waals surface area contributed by atoms with Crippen LogP contribution in [-0.2, 0) is 4.74 Å². The average molecular weight is 426 g/mol. The zero-order valence-corrected chi connectivity index (χ0v) is 19.1. The number of anilines is 1. The number of hydrogen-bond acceptors (Lipinski definition) is 4. The fourth-order valence-corrected chi connectivity index (χ4v) is 3.84. The van der Waals surface area contributed by atoms with Gasteiger partial charge in [-0.05, 0) is 55.5 Å². The summed E-state index contributed by atoms with van der Waals surface area (Å²) < 4.78 is 5.00. The Balaban J connectivity index is 1.37. The van der Waals surface area contributed by atoms with Gasteiger partial charge in [-0.25, -0.2) is 4.79 Å². The predicted octanol–water partition coefficient (Wildman–Crippen LogP) is 7.29. The van der Waals surface area contributed by atoms with Crippen molar-refractivity contribution in [2.24, 2.45) is 0 Å². The fraction of sp³-hybridized carbons (Fsp3) is 0.500. The van der Waals surface area contributed by atoms with Crippen LogP contribution >= 0.6 is 11.3 Å². The van der Waals surface area contributed by atoms with Crippen molar-refractivity contribution < 1.29 is 9.53 Å². The lowest BCUT2D eigenvalue weighted by atomic mass is 10.1. The molecule has 0 amide bonds. The van der Waals surface area contributed by atoms with E-state index >= 15 is 0 Å². The number of benzene rings is 1. The normalized spacial score (nSPS) is 10.3. The third-order valence-electron chi connectivity index (χ3n) is 4.94. The van der Waals surface area contributed by atoms with E-state index in [2.05, 4.69) is 34.7 Å². The summed E-state index contributed by atoms with van der Waals surface area (Å²) in [4.78, 5) is 12.8. The summed E-state index contributed by atoms with van der Waals surface area (Å²) in [5, 5.41) is 5.50. The Morgan fingerprint density at radius 1 is 0.933 bits per heavy atom. The molecule has 0 bridgehead atoms. The lowest BCUT2D eigenvalue weighted by Crippen LogP contribution is -2.05. The van der Waals surface area contributed by atoms with Crippen LogP contribution in [0.5, 0.6) is 0 Å². The van der Waals surface area contributed by atoms with Gasteiger partial charge in [0.05, 0.1) is 17.0 Å². The fourth-order valence-electron chi connectivity index (χ4n) is 3.25. The van der Waals surface area contributed by atoms with E-state index in [9.17, 15) is 4.79 Å². The number of nitrogens with one attached hydrogen (secondary N) is 1. The van der Waals surface area contributed by atoms with Crippen molar-refractivity contribution in [2.75, 3.05) is 18.5 Å². The Kier molecular flexibility index (Phi) is 12.5. The zero-order valence-electron chi connectivity index (χ0n) is 18.3. The van der Waals surface area contributed by atoms with E-state index in [-0.39, 0.29) is 5.97 Å². The minimum atomic E-state index is -0.258. The number of hydrogen-bond donors (Lipinski definition) is 1. The predicted molar refractivity (Wildman–Crippen MR) is 128 cm³/mol. The molecule has 1 aromatic carbocycles. The lowest BCUT2D eigenvalue weighted by Gasteiger charge is -2.07. The maximum Gasteiger partial charge on any atom is 0.338 e. The molecular formula is C26H35NO2S. The van der Waals surface area contributed by atoms with Gasteiger partial charge in [0.25, 0.3) is 0 Å². The summed E-state index contributed by atoms with van der Waals surface area (Å²) in [7, 11) is 0. The maximum absolute atomic E-state index is 11.6. The van der Waals surface area contributed by atoms with Crippen LogP contribution in [0.25, 0.3) is 0 Å². The molecule has 0 aliphatic heterocycles. The Hall–Kier alpha value is -2.25. The second kappa shape index (κ2) is 15.6. The van der Waals surface area contributed by atoms with Crippen molar-refractivity contribution in [2.45, 2.75) is 71.1 Å². The molecular weight excluding hydrogens is 390 g/mol. The first kappa shape index (κ1) is 24.0. The van der Waals surface area contributed by atoms with Crippen LogP contribution in [0, 0.1) is 11.8 Å². The number of esters is 1. The first-order valence-corrected chi connectivity index (χ1v) is 12.2. The number of carbonyl (C=O) groups excluding carboxylic acids is 1. The first-order valence-electron chi connectivity index (χ1n) is 11.3. The van der Waals surface area contributed by atoms with Gasteiger partial charge in [0.1, 0.15) is 0 Å². The van der Waals surface area contributed by atoms with Crippen molar-refractivity contribution >= 4 is 23.0 Å². The van der Waals surface area contributed by atoms with Crippen LogP contribution in [0.15, 0.2) is 41.8 Å².